The quantitative estimate of drug-likeness (QED) is 0.587. The summed E-state index contributed by atoms with van der Waals surface area (Å²) in [4.78, 5) is 22.8. The second kappa shape index (κ2) is 6.27. The van der Waals surface area contributed by atoms with Crippen molar-refractivity contribution in [2.45, 2.75) is 33.2 Å². The second-order valence-electron chi connectivity index (χ2n) is 4.23. The first-order chi connectivity index (χ1) is 8.04. The second-order valence-corrected chi connectivity index (χ2v) is 4.23. The number of esters is 1. The summed E-state index contributed by atoms with van der Waals surface area (Å²) in [6, 6.07) is -0.294. The fraction of sp³-hybridized carbons (Fsp3) is 0.667. The van der Waals surface area contributed by atoms with E-state index in [-0.39, 0.29) is 24.5 Å². The lowest BCUT2D eigenvalue weighted by Crippen LogP contribution is -2.39. The first kappa shape index (κ1) is 13.5. The molecule has 96 valence electrons. The molecule has 0 radical (unpaired) electrons. The number of amides is 1. The van der Waals surface area contributed by atoms with E-state index in [4.69, 9.17) is 9.47 Å². The Hall–Kier alpha value is -1.52. The van der Waals surface area contributed by atoms with Gasteiger partial charge in [0.05, 0.1) is 18.6 Å². The molecule has 0 aliphatic carbocycles. The number of allylic oxidation sites excluding steroid dienone is 2. The fourth-order valence-corrected chi connectivity index (χ4v) is 1.65. The van der Waals surface area contributed by atoms with E-state index in [1.54, 1.807) is 6.92 Å². The number of hydrogen-bond donors (Lipinski definition) is 1. The topological polar surface area (TPSA) is 64.6 Å². The van der Waals surface area contributed by atoms with Gasteiger partial charge in [0.1, 0.15) is 6.61 Å². The lowest BCUT2D eigenvalue weighted by molar-refractivity contribution is -0.148. The summed E-state index contributed by atoms with van der Waals surface area (Å²) >= 11 is 0. The van der Waals surface area contributed by atoms with E-state index in [1.165, 1.54) is 0 Å². The molecule has 0 saturated carbocycles. The maximum absolute atomic E-state index is 11.8. The predicted molar refractivity (Wildman–Crippen MR) is 62.4 cm³/mol. The molecular weight excluding hydrogens is 222 g/mol. The maximum Gasteiger partial charge on any atom is 0.407 e. The highest BCUT2D eigenvalue weighted by atomic mass is 16.6. The zero-order valence-corrected chi connectivity index (χ0v) is 10.5. The van der Waals surface area contributed by atoms with E-state index in [0.29, 0.717) is 13.0 Å². The highest BCUT2D eigenvalue weighted by Crippen LogP contribution is 2.17. The van der Waals surface area contributed by atoms with Gasteiger partial charge >= 0.3 is 12.1 Å². The fourth-order valence-electron chi connectivity index (χ4n) is 1.65. The smallest absolute Gasteiger partial charge is 0.407 e. The SMILES string of the molecule is CCOC(=O)[C@H](CC=C(C)C)[C@H]1COC(=O)N1. The van der Waals surface area contributed by atoms with E-state index in [9.17, 15) is 9.59 Å². The van der Waals surface area contributed by atoms with Gasteiger partial charge in [-0.2, -0.15) is 0 Å². The largest absolute Gasteiger partial charge is 0.466 e. The van der Waals surface area contributed by atoms with Crippen LogP contribution in [0.5, 0.6) is 0 Å². The van der Waals surface area contributed by atoms with Crippen molar-refractivity contribution in [3.8, 4) is 0 Å². The summed E-state index contributed by atoms with van der Waals surface area (Å²) in [7, 11) is 0. The normalized spacial score (nSPS) is 20.2. The predicted octanol–water partition coefficient (Wildman–Crippen LogP) is 1.63. The van der Waals surface area contributed by atoms with Crippen LogP contribution in [-0.4, -0.2) is 31.3 Å². The molecule has 1 aliphatic rings. The summed E-state index contributed by atoms with van der Waals surface area (Å²) in [6.45, 7) is 6.25. The Bertz CT molecular complexity index is 320. The molecule has 1 amide bonds. The molecule has 1 saturated heterocycles. The van der Waals surface area contributed by atoms with Crippen LogP contribution in [0.25, 0.3) is 0 Å². The van der Waals surface area contributed by atoms with Gasteiger partial charge in [0.25, 0.3) is 0 Å². The van der Waals surface area contributed by atoms with Gasteiger partial charge in [-0.1, -0.05) is 11.6 Å². The molecule has 0 spiro atoms. The molecule has 0 aromatic heterocycles. The summed E-state index contributed by atoms with van der Waals surface area (Å²) < 4.78 is 9.81. The Morgan fingerprint density at radius 1 is 1.65 bits per heavy atom. The van der Waals surface area contributed by atoms with Gasteiger partial charge < -0.3 is 14.8 Å². The van der Waals surface area contributed by atoms with Crippen molar-refractivity contribution < 1.29 is 19.1 Å². The monoisotopic (exact) mass is 241 g/mol. The summed E-state index contributed by atoms with van der Waals surface area (Å²) in [5.74, 6) is -0.669. The molecular formula is C12H19NO4. The molecule has 1 rings (SSSR count). The van der Waals surface area contributed by atoms with Gasteiger partial charge in [-0.25, -0.2) is 4.79 Å². The molecule has 0 aromatic rings. The van der Waals surface area contributed by atoms with Gasteiger partial charge in [0.15, 0.2) is 0 Å². The lowest BCUT2D eigenvalue weighted by Gasteiger charge is -2.18. The standard InChI is InChI=1S/C12H19NO4/c1-4-16-11(14)9(6-5-8(2)3)10-7-17-12(15)13-10/h5,9-10H,4,6-7H2,1-3H3,(H,13,15)/t9-,10-/m1/s1. The van der Waals surface area contributed by atoms with E-state index in [2.05, 4.69) is 5.32 Å². The minimum atomic E-state index is -0.471. The van der Waals surface area contributed by atoms with Crippen molar-refractivity contribution in [2.24, 2.45) is 5.92 Å². The van der Waals surface area contributed by atoms with E-state index in [1.807, 2.05) is 19.9 Å². The number of hydrogen-bond acceptors (Lipinski definition) is 4. The van der Waals surface area contributed by atoms with Gasteiger partial charge in [-0.15, -0.1) is 0 Å². The highest BCUT2D eigenvalue weighted by molar-refractivity contribution is 5.76. The minimum Gasteiger partial charge on any atom is -0.466 e. The van der Waals surface area contributed by atoms with Crippen LogP contribution < -0.4 is 5.32 Å². The summed E-state index contributed by atoms with van der Waals surface area (Å²) in [5, 5.41) is 2.63. The summed E-state index contributed by atoms with van der Waals surface area (Å²) in [5.41, 5.74) is 1.13. The minimum absolute atomic E-state index is 0.221. The third kappa shape index (κ3) is 4.09. The molecule has 1 heterocycles. The number of carbonyl (C=O) groups excluding carboxylic acids is 2. The molecule has 5 heteroatoms. The third-order valence-electron chi connectivity index (χ3n) is 2.55. The van der Waals surface area contributed by atoms with Crippen LogP contribution in [0.3, 0.4) is 0 Å². The van der Waals surface area contributed by atoms with Crippen molar-refractivity contribution in [1.29, 1.82) is 0 Å². The Morgan fingerprint density at radius 2 is 2.35 bits per heavy atom. The maximum atomic E-state index is 11.8. The van der Waals surface area contributed by atoms with E-state index < -0.39 is 6.09 Å². The molecule has 1 N–H and O–H groups in total. The van der Waals surface area contributed by atoms with Crippen LogP contribution in [0.4, 0.5) is 4.79 Å². The number of ether oxygens (including phenoxy) is 2. The Kier molecular flexibility index (Phi) is 5.00. The zero-order valence-electron chi connectivity index (χ0n) is 10.5. The van der Waals surface area contributed by atoms with Crippen molar-refractivity contribution in [3.05, 3.63) is 11.6 Å². The Balaban J connectivity index is 2.67. The first-order valence-electron chi connectivity index (χ1n) is 5.78. The molecule has 17 heavy (non-hydrogen) atoms. The van der Waals surface area contributed by atoms with Crippen LogP contribution in [0, 0.1) is 5.92 Å². The molecule has 0 aromatic carbocycles. The van der Waals surface area contributed by atoms with Gasteiger partial charge in [0, 0.05) is 0 Å². The average molecular weight is 241 g/mol. The number of alkyl carbamates (subject to hydrolysis) is 1. The highest BCUT2D eigenvalue weighted by Gasteiger charge is 2.35. The third-order valence-corrected chi connectivity index (χ3v) is 2.55. The van der Waals surface area contributed by atoms with Crippen molar-refractivity contribution >= 4 is 12.1 Å². The summed E-state index contributed by atoms with van der Waals surface area (Å²) in [6.07, 6.45) is 2.04. The number of nitrogens with one attached hydrogen (secondary N) is 1. The van der Waals surface area contributed by atoms with Crippen LogP contribution in [0.15, 0.2) is 11.6 Å². The Morgan fingerprint density at radius 3 is 2.82 bits per heavy atom. The van der Waals surface area contributed by atoms with E-state index in [0.717, 1.165) is 5.57 Å². The number of carbonyl (C=O) groups is 2. The van der Waals surface area contributed by atoms with Crippen molar-refractivity contribution in [2.75, 3.05) is 13.2 Å². The molecule has 1 fully saturated rings. The Labute approximate surface area is 101 Å². The molecule has 0 unspecified atom stereocenters. The number of cyclic esters (lactones) is 1. The van der Waals surface area contributed by atoms with Gasteiger partial charge in [0.2, 0.25) is 0 Å². The van der Waals surface area contributed by atoms with Crippen LogP contribution in [0.2, 0.25) is 0 Å². The number of rotatable bonds is 5. The molecule has 1 aliphatic heterocycles. The molecule has 2 atom stereocenters. The van der Waals surface area contributed by atoms with Crippen molar-refractivity contribution in [1.82, 2.24) is 5.32 Å². The van der Waals surface area contributed by atoms with Crippen molar-refractivity contribution in [3.63, 3.8) is 0 Å². The lowest BCUT2D eigenvalue weighted by atomic mass is 9.96. The van der Waals surface area contributed by atoms with Crippen LogP contribution >= 0.6 is 0 Å². The van der Waals surface area contributed by atoms with Crippen LogP contribution in [0.1, 0.15) is 27.2 Å². The van der Waals surface area contributed by atoms with Gasteiger partial charge in [-0.3, -0.25) is 4.79 Å². The first-order valence-corrected chi connectivity index (χ1v) is 5.78. The average Bonchev–Trinajstić information content (AvgIpc) is 2.65. The van der Waals surface area contributed by atoms with E-state index >= 15 is 0 Å². The molecule has 0 bridgehead atoms. The molecule has 5 nitrogen and oxygen atoms in total. The zero-order chi connectivity index (χ0) is 12.8. The van der Waals surface area contributed by atoms with Crippen LogP contribution in [-0.2, 0) is 14.3 Å². The van der Waals surface area contributed by atoms with Gasteiger partial charge in [-0.05, 0) is 27.2 Å².